The van der Waals surface area contributed by atoms with Crippen molar-refractivity contribution in [3.63, 3.8) is 0 Å². The number of ether oxygens (including phenoxy) is 1. The molecule has 0 fully saturated rings. The summed E-state index contributed by atoms with van der Waals surface area (Å²) in [5, 5.41) is 8.54. The summed E-state index contributed by atoms with van der Waals surface area (Å²) in [4.78, 5) is 13.6. The highest BCUT2D eigenvalue weighted by atomic mass is 79.9. The van der Waals surface area contributed by atoms with Gasteiger partial charge in [0.25, 0.3) is 5.56 Å². The van der Waals surface area contributed by atoms with E-state index in [0.717, 1.165) is 27.8 Å². The molecule has 1 heterocycles. The Morgan fingerprint density at radius 1 is 1.22 bits per heavy atom. The van der Waals surface area contributed by atoms with E-state index in [0.29, 0.717) is 11.0 Å². The van der Waals surface area contributed by atoms with Gasteiger partial charge in [0.2, 0.25) is 0 Å². The Bertz CT molecular complexity index is 908. The van der Waals surface area contributed by atoms with E-state index in [1.807, 2.05) is 30.1 Å². The molecule has 0 aliphatic heterocycles. The predicted molar refractivity (Wildman–Crippen MR) is 95.2 cm³/mol. The van der Waals surface area contributed by atoms with Gasteiger partial charge in [-0.05, 0) is 50.5 Å². The molecule has 6 heteroatoms. The fourth-order valence-electron chi connectivity index (χ4n) is 2.50. The smallest absolute Gasteiger partial charge is 0.280 e. The third-order valence-corrected chi connectivity index (χ3v) is 4.49. The number of hydrogen-bond acceptors (Lipinski definition) is 4. The van der Waals surface area contributed by atoms with Crippen LogP contribution in [-0.4, -0.2) is 24.4 Å². The van der Waals surface area contributed by atoms with Crippen molar-refractivity contribution in [2.75, 3.05) is 19.1 Å². The lowest BCUT2D eigenvalue weighted by Gasteiger charge is -2.20. The highest BCUT2D eigenvalue weighted by Gasteiger charge is 2.10. The highest BCUT2D eigenvalue weighted by molar-refractivity contribution is 9.10. The molecule has 5 nitrogen and oxygen atoms in total. The van der Waals surface area contributed by atoms with E-state index in [1.165, 1.54) is 0 Å². The fraction of sp³-hybridized carbons (Fsp3) is 0.176. The van der Waals surface area contributed by atoms with Gasteiger partial charge in [0.15, 0.2) is 0 Å². The van der Waals surface area contributed by atoms with Gasteiger partial charge in [-0.3, -0.25) is 4.79 Å². The van der Waals surface area contributed by atoms with Crippen LogP contribution in [0.1, 0.15) is 5.56 Å². The molecule has 0 spiro atoms. The quantitative estimate of drug-likeness (QED) is 0.761. The van der Waals surface area contributed by atoms with E-state index in [1.54, 1.807) is 13.3 Å². The molecule has 0 bridgehead atoms. The number of aromatic amines is 1. The average molecular weight is 374 g/mol. The lowest BCUT2D eigenvalue weighted by Crippen LogP contribution is -2.21. The Labute approximate surface area is 142 Å². The number of methoxy groups -OCH3 is 1. The zero-order chi connectivity index (χ0) is 16.4. The lowest BCUT2D eigenvalue weighted by atomic mass is 10.1. The van der Waals surface area contributed by atoms with Crippen LogP contribution < -0.4 is 15.2 Å². The van der Waals surface area contributed by atoms with Crippen LogP contribution in [0.25, 0.3) is 10.8 Å². The van der Waals surface area contributed by atoms with Gasteiger partial charge in [-0.1, -0.05) is 18.2 Å². The van der Waals surface area contributed by atoms with Crippen LogP contribution in [0, 0.1) is 0 Å². The first-order chi connectivity index (χ1) is 11.1. The Hall–Kier alpha value is -2.34. The Balaban J connectivity index is 1.89. The maximum Gasteiger partial charge on any atom is 0.280 e. The molecule has 0 saturated heterocycles. The van der Waals surface area contributed by atoms with E-state index in [2.05, 4.69) is 44.3 Å². The van der Waals surface area contributed by atoms with Crippen molar-refractivity contribution in [2.45, 2.75) is 6.54 Å². The van der Waals surface area contributed by atoms with Gasteiger partial charge in [0, 0.05) is 13.6 Å². The maximum atomic E-state index is 11.6. The predicted octanol–water partition coefficient (Wildman–Crippen LogP) is 3.33. The minimum Gasteiger partial charge on any atom is -0.497 e. The SMILES string of the molecule is COc1ccc2cc(CN(C)c3cn[nH]c(=O)c3Br)ccc2c1. The number of hydrogen-bond donors (Lipinski definition) is 1. The first-order valence-electron chi connectivity index (χ1n) is 7.09. The van der Waals surface area contributed by atoms with Crippen LogP contribution in [0.5, 0.6) is 5.75 Å². The first-order valence-corrected chi connectivity index (χ1v) is 7.89. The van der Waals surface area contributed by atoms with Crippen molar-refractivity contribution in [3.05, 3.63) is 63.0 Å². The third kappa shape index (κ3) is 3.22. The van der Waals surface area contributed by atoms with Crippen molar-refractivity contribution in [1.82, 2.24) is 10.2 Å². The highest BCUT2D eigenvalue weighted by Crippen LogP contribution is 2.25. The summed E-state index contributed by atoms with van der Waals surface area (Å²) in [5.74, 6) is 0.848. The topological polar surface area (TPSA) is 58.2 Å². The Morgan fingerprint density at radius 3 is 2.74 bits per heavy atom. The summed E-state index contributed by atoms with van der Waals surface area (Å²) < 4.78 is 5.73. The minimum atomic E-state index is -0.236. The number of nitrogens with zero attached hydrogens (tertiary/aromatic N) is 2. The van der Waals surface area contributed by atoms with Crippen LogP contribution in [-0.2, 0) is 6.54 Å². The van der Waals surface area contributed by atoms with Gasteiger partial charge < -0.3 is 9.64 Å². The second-order valence-electron chi connectivity index (χ2n) is 5.30. The second kappa shape index (κ2) is 6.42. The van der Waals surface area contributed by atoms with Gasteiger partial charge >= 0.3 is 0 Å². The van der Waals surface area contributed by atoms with Crippen LogP contribution in [0.15, 0.2) is 51.9 Å². The summed E-state index contributed by atoms with van der Waals surface area (Å²) >= 11 is 3.31. The summed E-state index contributed by atoms with van der Waals surface area (Å²) in [6.45, 7) is 0.672. The molecule has 3 rings (SSSR count). The van der Waals surface area contributed by atoms with Crippen molar-refractivity contribution in [2.24, 2.45) is 0 Å². The Kier molecular flexibility index (Phi) is 4.34. The molecule has 0 amide bonds. The van der Waals surface area contributed by atoms with E-state index in [9.17, 15) is 4.79 Å². The summed E-state index contributed by atoms with van der Waals surface area (Å²) in [6.07, 6.45) is 1.64. The molecule has 118 valence electrons. The largest absolute Gasteiger partial charge is 0.497 e. The van der Waals surface area contributed by atoms with E-state index < -0.39 is 0 Å². The summed E-state index contributed by atoms with van der Waals surface area (Å²) in [5.41, 5.74) is 1.67. The Morgan fingerprint density at radius 2 is 1.96 bits per heavy atom. The normalized spacial score (nSPS) is 10.7. The van der Waals surface area contributed by atoms with Gasteiger partial charge in [-0.25, -0.2) is 5.10 Å². The van der Waals surface area contributed by atoms with Crippen molar-refractivity contribution < 1.29 is 4.74 Å². The first kappa shape index (κ1) is 15.6. The molecule has 2 aromatic carbocycles. The van der Waals surface area contributed by atoms with Gasteiger partial charge in [-0.2, -0.15) is 5.10 Å². The molecule has 3 aromatic rings. The molecule has 0 aliphatic rings. The molecular formula is C17H16BrN3O2. The molecule has 23 heavy (non-hydrogen) atoms. The summed E-state index contributed by atoms with van der Waals surface area (Å²) in [7, 11) is 3.59. The van der Waals surface area contributed by atoms with Crippen LogP contribution >= 0.6 is 15.9 Å². The van der Waals surface area contributed by atoms with Gasteiger partial charge in [0.05, 0.1) is 19.0 Å². The second-order valence-corrected chi connectivity index (χ2v) is 6.09. The van der Waals surface area contributed by atoms with Crippen LogP contribution in [0.3, 0.4) is 0 Å². The number of H-pyrrole nitrogens is 1. The molecule has 1 aromatic heterocycles. The molecule has 1 N–H and O–H groups in total. The zero-order valence-corrected chi connectivity index (χ0v) is 14.4. The lowest BCUT2D eigenvalue weighted by molar-refractivity contribution is 0.415. The zero-order valence-electron chi connectivity index (χ0n) is 12.8. The fourth-order valence-corrected chi connectivity index (χ4v) is 2.99. The van der Waals surface area contributed by atoms with E-state index >= 15 is 0 Å². The van der Waals surface area contributed by atoms with Crippen LogP contribution in [0.2, 0.25) is 0 Å². The average Bonchev–Trinajstić information content (AvgIpc) is 2.56. The molecule has 0 aliphatic carbocycles. The number of benzene rings is 2. The molecule has 0 saturated carbocycles. The van der Waals surface area contributed by atoms with Crippen molar-refractivity contribution in [1.29, 1.82) is 0 Å². The van der Waals surface area contributed by atoms with E-state index in [-0.39, 0.29) is 5.56 Å². The van der Waals surface area contributed by atoms with Crippen LogP contribution in [0.4, 0.5) is 5.69 Å². The molecule has 0 atom stereocenters. The molecular weight excluding hydrogens is 358 g/mol. The minimum absolute atomic E-state index is 0.236. The number of rotatable bonds is 4. The number of anilines is 1. The molecule has 0 unspecified atom stereocenters. The van der Waals surface area contributed by atoms with Crippen molar-refractivity contribution >= 4 is 32.4 Å². The summed E-state index contributed by atoms with van der Waals surface area (Å²) in [6, 6.07) is 12.3. The third-order valence-electron chi connectivity index (χ3n) is 3.72. The number of aromatic nitrogens is 2. The molecule has 0 radical (unpaired) electrons. The number of fused-ring (bicyclic) bond motifs is 1. The maximum absolute atomic E-state index is 11.6. The van der Waals surface area contributed by atoms with E-state index in [4.69, 9.17) is 4.74 Å². The van der Waals surface area contributed by atoms with Gasteiger partial charge in [0.1, 0.15) is 10.2 Å². The standard InChI is InChI=1S/C17H16BrN3O2/c1-21(15-9-19-20-17(22)16(15)18)10-11-3-4-13-8-14(23-2)6-5-12(13)7-11/h3-9H,10H2,1-2H3,(H,20,22). The van der Waals surface area contributed by atoms with Crippen molar-refractivity contribution in [3.8, 4) is 5.75 Å². The van der Waals surface area contributed by atoms with Gasteiger partial charge in [-0.15, -0.1) is 0 Å². The number of nitrogens with one attached hydrogen (secondary N) is 1. The monoisotopic (exact) mass is 373 g/mol. The number of halogens is 1.